The van der Waals surface area contributed by atoms with Gasteiger partial charge in [0.1, 0.15) is 5.69 Å². The molecule has 0 saturated heterocycles. The van der Waals surface area contributed by atoms with Crippen molar-refractivity contribution in [1.82, 2.24) is 19.6 Å². The van der Waals surface area contributed by atoms with Crippen LogP contribution in [0.25, 0.3) is 0 Å². The van der Waals surface area contributed by atoms with E-state index in [1.807, 2.05) is 30.2 Å². The van der Waals surface area contributed by atoms with Gasteiger partial charge in [-0.25, -0.2) is 0 Å². The number of anilines is 1. The van der Waals surface area contributed by atoms with Crippen LogP contribution in [0, 0.1) is 0 Å². The summed E-state index contributed by atoms with van der Waals surface area (Å²) < 4.78 is 8.78. The monoisotopic (exact) mass is 235 g/mol. The minimum absolute atomic E-state index is 0.599. The number of hydrogen-bond donors (Lipinski definition) is 1. The molecule has 1 N–H and O–H groups in total. The van der Waals surface area contributed by atoms with Gasteiger partial charge in [0.2, 0.25) is 0 Å². The predicted octanol–water partition coefficient (Wildman–Crippen LogP) is 1.26. The molecule has 17 heavy (non-hydrogen) atoms. The van der Waals surface area contributed by atoms with Crippen molar-refractivity contribution in [3.63, 3.8) is 0 Å². The number of ether oxygens (including phenoxy) is 1. The quantitative estimate of drug-likeness (QED) is 0.847. The zero-order valence-corrected chi connectivity index (χ0v) is 10.3. The van der Waals surface area contributed by atoms with E-state index in [1.54, 1.807) is 11.8 Å². The first-order chi connectivity index (χ1) is 8.22. The van der Waals surface area contributed by atoms with Crippen LogP contribution < -0.4 is 10.1 Å². The van der Waals surface area contributed by atoms with E-state index in [-0.39, 0.29) is 0 Å². The van der Waals surface area contributed by atoms with Crippen LogP contribution in [-0.2, 0) is 20.1 Å². The summed E-state index contributed by atoms with van der Waals surface area (Å²) in [6.45, 7) is 3.61. The van der Waals surface area contributed by atoms with Crippen LogP contribution in [0.15, 0.2) is 18.5 Å². The van der Waals surface area contributed by atoms with Gasteiger partial charge < -0.3 is 10.1 Å². The Bertz CT molecular complexity index is 488. The maximum Gasteiger partial charge on any atom is 0.256 e. The molecule has 0 radical (unpaired) electrons. The number of hydrogen-bond acceptors (Lipinski definition) is 4. The van der Waals surface area contributed by atoms with E-state index in [1.165, 1.54) is 0 Å². The minimum Gasteiger partial charge on any atom is -0.478 e. The van der Waals surface area contributed by atoms with E-state index in [0.29, 0.717) is 12.4 Å². The first kappa shape index (κ1) is 11.5. The van der Waals surface area contributed by atoms with Crippen molar-refractivity contribution >= 4 is 5.69 Å². The molecule has 0 aliphatic carbocycles. The van der Waals surface area contributed by atoms with Crippen LogP contribution in [0.5, 0.6) is 5.88 Å². The fraction of sp³-hybridized carbons (Fsp3) is 0.455. The lowest BCUT2D eigenvalue weighted by Gasteiger charge is -2.02. The van der Waals surface area contributed by atoms with Crippen molar-refractivity contribution in [2.75, 3.05) is 12.4 Å². The lowest BCUT2D eigenvalue weighted by atomic mass is 10.4. The third-order valence-electron chi connectivity index (χ3n) is 2.47. The molecule has 0 saturated carbocycles. The molecule has 0 aliphatic heterocycles. The van der Waals surface area contributed by atoms with E-state index < -0.39 is 0 Å². The van der Waals surface area contributed by atoms with Gasteiger partial charge in [0.15, 0.2) is 0 Å². The molecule has 0 bridgehead atoms. The van der Waals surface area contributed by atoms with Crippen molar-refractivity contribution in [2.45, 2.75) is 20.0 Å². The number of nitrogens with zero attached hydrogens (tertiary/aromatic N) is 4. The molecule has 0 fully saturated rings. The van der Waals surface area contributed by atoms with E-state index in [9.17, 15) is 0 Å². The largest absolute Gasteiger partial charge is 0.478 e. The number of rotatable bonds is 5. The molecule has 6 heteroatoms. The molecular weight excluding hydrogens is 218 g/mol. The Morgan fingerprint density at radius 2 is 2.24 bits per heavy atom. The molecule has 2 heterocycles. The van der Waals surface area contributed by atoms with Crippen LogP contribution in [0.2, 0.25) is 0 Å². The first-order valence-electron chi connectivity index (χ1n) is 5.56. The van der Waals surface area contributed by atoms with Gasteiger partial charge in [0.05, 0.1) is 25.5 Å². The summed E-state index contributed by atoms with van der Waals surface area (Å²) in [6.07, 6.45) is 3.85. The Balaban J connectivity index is 2.01. The topological polar surface area (TPSA) is 56.9 Å². The van der Waals surface area contributed by atoms with Crippen LogP contribution >= 0.6 is 0 Å². The molecule has 6 nitrogen and oxygen atoms in total. The third-order valence-corrected chi connectivity index (χ3v) is 2.47. The van der Waals surface area contributed by atoms with Crippen LogP contribution in [0.1, 0.15) is 12.6 Å². The standard InChI is InChI=1S/C11H17N5O/c1-4-16-6-5-9(13-16)7-12-10-8-15(2)14-11(10)17-3/h5-6,8,12H,4,7H2,1-3H3. The average Bonchev–Trinajstić information content (AvgIpc) is 2.92. The Kier molecular flexibility index (Phi) is 3.32. The minimum atomic E-state index is 0.599. The van der Waals surface area contributed by atoms with Crippen molar-refractivity contribution in [3.8, 4) is 5.88 Å². The van der Waals surface area contributed by atoms with Gasteiger partial charge in [0, 0.05) is 19.8 Å². The number of aromatic nitrogens is 4. The highest BCUT2D eigenvalue weighted by atomic mass is 16.5. The highest BCUT2D eigenvalue weighted by Gasteiger charge is 2.07. The molecule has 0 unspecified atom stereocenters. The number of aryl methyl sites for hydroxylation is 2. The molecule has 92 valence electrons. The second kappa shape index (κ2) is 4.90. The van der Waals surface area contributed by atoms with Crippen molar-refractivity contribution in [2.24, 2.45) is 7.05 Å². The molecule has 0 aromatic carbocycles. The normalized spacial score (nSPS) is 10.5. The van der Waals surface area contributed by atoms with Gasteiger partial charge in [-0.2, -0.15) is 5.10 Å². The summed E-state index contributed by atoms with van der Waals surface area (Å²) in [4.78, 5) is 0. The molecule has 2 aromatic rings. The molecule has 0 aliphatic rings. The Morgan fingerprint density at radius 3 is 2.88 bits per heavy atom. The van der Waals surface area contributed by atoms with E-state index in [0.717, 1.165) is 17.9 Å². The highest BCUT2D eigenvalue weighted by Crippen LogP contribution is 2.21. The van der Waals surface area contributed by atoms with Crippen molar-refractivity contribution in [3.05, 3.63) is 24.2 Å². The van der Waals surface area contributed by atoms with Gasteiger partial charge in [0.25, 0.3) is 5.88 Å². The zero-order valence-electron chi connectivity index (χ0n) is 10.3. The molecule has 0 amide bonds. The maximum atomic E-state index is 5.16. The molecule has 0 spiro atoms. The Hall–Kier alpha value is -1.98. The summed E-state index contributed by atoms with van der Waals surface area (Å²) in [5, 5.41) is 11.8. The average molecular weight is 235 g/mol. The molecule has 2 aromatic heterocycles. The summed E-state index contributed by atoms with van der Waals surface area (Å²) in [6, 6.07) is 2.00. The second-order valence-corrected chi connectivity index (χ2v) is 3.74. The summed E-state index contributed by atoms with van der Waals surface area (Å²) in [5.74, 6) is 0.599. The van der Waals surface area contributed by atoms with Crippen LogP contribution in [0.4, 0.5) is 5.69 Å². The highest BCUT2D eigenvalue weighted by molar-refractivity contribution is 5.51. The van der Waals surface area contributed by atoms with E-state index in [4.69, 9.17) is 4.74 Å². The zero-order chi connectivity index (χ0) is 12.3. The fourth-order valence-electron chi connectivity index (χ4n) is 1.60. The second-order valence-electron chi connectivity index (χ2n) is 3.74. The SMILES string of the molecule is CCn1ccc(CNc2cn(C)nc2OC)n1. The number of nitrogens with one attached hydrogen (secondary N) is 1. The maximum absolute atomic E-state index is 5.16. The molecule has 0 atom stereocenters. The third kappa shape index (κ3) is 2.58. The molecule has 2 rings (SSSR count). The Labute approximate surface area is 100 Å². The lowest BCUT2D eigenvalue weighted by molar-refractivity contribution is 0.393. The first-order valence-corrected chi connectivity index (χ1v) is 5.56. The number of methoxy groups -OCH3 is 1. The summed E-state index contributed by atoms with van der Waals surface area (Å²) >= 11 is 0. The van der Waals surface area contributed by atoms with Gasteiger partial charge in [-0.1, -0.05) is 0 Å². The van der Waals surface area contributed by atoms with Crippen molar-refractivity contribution in [1.29, 1.82) is 0 Å². The van der Waals surface area contributed by atoms with Gasteiger partial charge in [-0.3, -0.25) is 9.36 Å². The summed E-state index contributed by atoms with van der Waals surface area (Å²) in [7, 11) is 3.47. The van der Waals surface area contributed by atoms with Crippen LogP contribution in [0.3, 0.4) is 0 Å². The van der Waals surface area contributed by atoms with E-state index >= 15 is 0 Å². The summed E-state index contributed by atoms with van der Waals surface area (Å²) in [5.41, 5.74) is 1.87. The van der Waals surface area contributed by atoms with Gasteiger partial charge in [-0.15, -0.1) is 5.10 Å². The predicted molar refractivity (Wildman–Crippen MR) is 65.0 cm³/mol. The lowest BCUT2D eigenvalue weighted by Crippen LogP contribution is -2.02. The van der Waals surface area contributed by atoms with E-state index in [2.05, 4.69) is 22.4 Å². The van der Waals surface area contributed by atoms with Gasteiger partial charge >= 0.3 is 0 Å². The van der Waals surface area contributed by atoms with Crippen molar-refractivity contribution < 1.29 is 4.74 Å². The molecular formula is C11H17N5O. The fourth-order valence-corrected chi connectivity index (χ4v) is 1.60. The Morgan fingerprint density at radius 1 is 1.41 bits per heavy atom. The van der Waals surface area contributed by atoms with Crippen LogP contribution in [-0.4, -0.2) is 26.7 Å². The van der Waals surface area contributed by atoms with Gasteiger partial charge in [-0.05, 0) is 13.0 Å². The smallest absolute Gasteiger partial charge is 0.256 e.